The number of fused-ring (bicyclic) bond motifs is 1. The van der Waals surface area contributed by atoms with Crippen LogP contribution < -0.4 is 0 Å². The van der Waals surface area contributed by atoms with Gasteiger partial charge in [-0.05, 0) is 75.1 Å². The molecule has 2 aliphatic carbocycles. The highest BCUT2D eigenvalue weighted by Gasteiger charge is 2.43. The maximum Gasteiger partial charge on any atom is 0.0761 e. The van der Waals surface area contributed by atoms with Crippen LogP contribution in [-0.4, -0.2) is 60.2 Å². The molecule has 2 fully saturated rings. The van der Waals surface area contributed by atoms with E-state index < -0.39 is 6.10 Å². The van der Waals surface area contributed by atoms with Crippen molar-refractivity contribution in [2.75, 3.05) is 32.8 Å². The molecule has 1 heterocycles. The van der Waals surface area contributed by atoms with Gasteiger partial charge in [-0.15, -0.1) is 0 Å². The summed E-state index contributed by atoms with van der Waals surface area (Å²) >= 11 is 0. The predicted molar refractivity (Wildman–Crippen MR) is 125 cm³/mol. The Morgan fingerprint density at radius 3 is 2.90 bits per heavy atom. The van der Waals surface area contributed by atoms with E-state index >= 15 is 0 Å². The predicted octanol–water partition coefficient (Wildman–Crippen LogP) is 3.90. The second-order valence-electron chi connectivity index (χ2n) is 9.84. The van der Waals surface area contributed by atoms with E-state index in [2.05, 4.69) is 42.2 Å². The van der Waals surface area contributed by atoms with Gasteiger partial charge in [0, 0.05) is 25.5 Å². The Balaban J connectivity index is 1.20. The molecule has 0 spiro atoms. The van der Waals surface area contributed by atoms with Gasteiger partial charge in [-0.3, -0.25) is 0 Å². The van der Waals surface area contributed by atoms with E-state index in [1.165, 1.54) is 37.1 Å². The third kappa shape index (κ3) is 6.29. The standard InChI is InChI=1S/C27H39NO3/c1-20-6-4-7-21(14-20)16-24(29)8-9-25-26-17-22(15-23(26)18-27(25)30)19-31-13-5-12-28-10-2-3-11-28/h4,6-9,14-15,23-27,29-30H,2-3,5,10-13,16-19H2,1H3/t23-,24-,25+,26-,27+/m0/s1. The zero-order chi connectivity index (χ0) is 21.6. The minimum absolute atomic E-state index is 0.126. The lowest BCUT2D eigenvalue weighted by molar-refractivity contribution is 0.131. The van der Waals surface area contributed by atoms with E-state index in [0.717, 1.165) is 44.6 Å². The van der Waals surface area contributed by atoms with Crippen LogP contribution in [0.5, 0.6) is 0 Å². The molecule has 4 nitrogen and oxygen atoms in total. The first-order valence-corrected chi connectivity index (χ1v) is 12.2. The van der Waals surface area contributed by atoms with E-state index in [4.69, 9.17) is 4.74 Å². The number of hydrogen-bond acceptors (Lipinski definition) is 4. The molecule has 0 aromatic heterocycles. The number of rotatable bonds is 10. The van der Waals surface area contributed by atoms with Gasteiger partial charge in [-0.25, -0.2) is 0 Å². The zero-order valence-electron chi connectivity index (χ0n) is 19.0. The van der Waals surface area contributed by atoms with E-state index in [1.807, 2.05) is 12.1 Å². The molecule has 5 atom stereocenters. The minimum atomic E-state index is -0.513. The van der Waals surface area contributed by atoms with Crippen molar-refractivity contribution >= 4 is 0 Å². The Hall–Kier alpha value is -1.46. The summed E-state index contributed by atoms with van der Waals surface area (Å²) in [5.41, 5.74) is 3.75. The number of allylic oxidation sites excluding steroid dienone is 1. The molecular weight excluding hydrogens is 386 g/mol. The summed E-state index contributed by atoms with van der Waals surface area (Å²) in [4.78, 5) is 2.54. The molecular formula is C27H39NO3. The molecule has 1 saturated heterocycles. The quantitative estimate of drug-likeness (QED) is 0.441. The highest BCUT2D eigenvalue weighted by Crippen LogP contribution is 2.47. The summed E-state index contributed by atoms with van der Waals surface area (Å²) in [5.74, 6) is 1.02. The van der Waals surface area contributed by atoms with Crippen LogP contribution >= 0.6 is 0 Å². The van der Waals surface area contributed by atoms with Crippen molar-refractivity contribution in [2.24, 2.45) is 17.8 Å². The molecule has 0 bridgehead atoms. The number of aryl methyl sites for hydroxylation is 1. The van der Waals surface area contributed by atoms with Crippen LogP contribution in [0.2, 0.25) is 0 Å². The number of aliphatic hydroxyl groups is 2. The first-order valence-electron chi connectivity index (χ1n) is 12.2. The fourth-order valence-corrected chi connectivity index (χ4v) is 5.72. The minimum Gasteiger partial charge on any atom is -0.392 e. The number of aliphatic hydroxyl groups excluding tert-OH is 2. The van der Waals surface area contributed by atoms with E-state index in [9.17, 15) is 10.2 Å². The van der Waals surface area contributed by atoms with Gasteiger partial charge >= 0.3 is 0 Å². The summed E-state index contributed by atoms with van der Waals surface area (Å²) in [6.45, 7) is 7.31. The van der Waals surface area contributed by atoms with Crippen LogP contribution in [-0.2, 0) is 11.2 Å². The third-order valence-electron chi connectivity index (χ3n) is 7.28. The van der Waals surface area contributed by atoms with Crippen molar-refractivity contribution < 1.29 is 14.9 Å². The summed E-state index contributed by atoms with van der Waals surface area (Å²) in [6.07, 6.45) is 11.8. The van der Waals surface area contributed by atoms with Gasteiger partial charge in [0.2, 0.25) is 0 Å². The Morgan fingerprint density at radius 1 is 1.26 bits per heavy atom. The second kappa shape index (κ2) is 10.9. The second-order valence-corrected chi connectivity index (χ2v) is 9.84. The van der Waals surface area contributed by atoms with Crippen molar-refractivity contribution in [1.29, 1.82) is 0 Å². The van der Waals surface area contributed by atoms with E-state index in [1.54, 1.807) is 0 Å². The molecule has 2 N–H and O–H groups in total. The molecule has 0 unspecified atom stereocenters. The number of ether oxygens (including phenoxy) is 1. The van der Waals surface area contributed by atoms with Crippen LogP contribution in [0.25, 0.3) is 0 Å². The molecule has 1 saturated carbocycles. The average molecular weight is 426 g/mol. The lowest BCUT2D eigenvalue weighted by Crippen LogP contribution is -2.21. The summed E-state index contributed by atoms with van der Waals surface area (Å²) in [5, 5.41) is 21.0. The van der Waals surface area contributed by atoms with Gasteiger partial charge in [0.1, 0.15) is 0 Å². The van der Waals surface area contributed by atoms with Crippen LogP contribution in [0.1, 0.15) is 43.2 Å². The van der Waals surface area contributed by atoms with Crippen molar-refractivity contribution in [3.8, 4) is 0 Å². The fraction of sp³-hybridized carbons (Fsp3) is 0.630. The Labute approximate surface area is 187 Å². The molecule has 1 aliphatic heterocycles. The maximum absolute atomic E-state index is 10.6. The van der Waals surface area contributed by atoms with Gasteiger partial charge in [0.05, 0.1) is 18.8 Å². The highest BCUT2D eigenvalue weighted by atomic mass is 16.5. The molecule has 1 aromatic carbocycles. The van der Waals surface area contributed by atoms with Gasteiger partial charge in [0.15, 0.2) is 0 Å². The number of likely N-dealkylation sites (tertiary alicyclic amines) is 1. The summed E-state index contributed by atoms with van der Waals surface area (Å²) in [6, 6.07) is 8.29. The van der Waals surface area contributed by atoms with E-state index in [0.29, 0.717) is 18.3 Å². The number of benzene rings is 1. The summed E-state index contributed by atoms with van der Waals surface area (Å²) in [7, 11) is 0. The number of nitrogens with zero attached hydrogens (tertiary/aromatic N) is 1. The fourth-order valence-electron chi connectivity index (χ4n) is 5.72. The van der Waals surface area contributed by atoms with Crippen LogP contribution in [0.15, 0.2) is 48.1 Å². The van der Waals surface area contributed by atoms with Crippen molar-refractivity contribution in [1.82, 2.24) is 4.90 Å². The SMILES string of the molecule is Cc1cccc(C[C@@H](O)C=C[C@@H]2[C@H]3CC(COCCCN4CCCC4)=C[C@H]3C[C@H]2O)c1. The van der Waals surface area contributed by atoms with Crippen LogP contribution in [0.4, 0.5) is 0 Å². The third-order valence-corrected chi connectivity index (χ3v) is 7.28. The van der Waals surface area contributed by atoms with E-state index in [-0.39, 0.29) is 12.0 Å². The molecule has 170 valence electrons. The molecule has 0 radical (unpaired) electrons. The van der Waals surface area contributed by atoms with Crippen LogP contribution in [0.3, 0.4) is 0 Å². The molecule has 31 heavy (non-hydrogen) atoms. The monoisotopic (exact) mass is 425 g/mol. The molecule has 0 amide bonds. The number of hydrogen-bond donors (Lipinski definition) is 2. The Bertz CT molecular complexity index is 767. The van der Waals surface area contributed by atoms with Crippen molar-refractivity contribution in [3.63, 3.8) is 0 Å². The zero-order valence-corrected chi connectivity index (χ0v) is 19.0. The Kier molecular flexibility index (Phi) is 8.00. The van der Waals surface area contributed by atoms with Crippen LogP contribution in [0, 0.1) is 24.7 Å². The topological polar surface area (TPSA) is 52.9 Å². The van der Waals surface area contributed by atoms with Crippen molar-refractivity contribution in [3.05, 3.63) is 59.2 Å². The molecule has 3 aliphatic rings. The Morgan fingerprint density at radius 2 is 2.10 bits per heavy atom. The molecule has 1 aromatic rings. The summed E-state index contributed by atoms with van der Waals surface area (Å²) < 4.78 is 5.96. The largest absolute Gasteiger partial charge is 0.392 e. The first kappa shape index (κ1) is 22.7. The molecule has 4 heteroatoms. The maximum atomic E-state index is 10.6. The molecule has 4 rings (SSSR count). The van der Waals surface area contributed by atoms with Gasteiger partial charge < -0.3 is 19.8 Å². The first-order chi connectivity index (χ1) is 15.1. The average Bonchev–Trinajstić information content (AvgIpc) is 3.43. The van der Waals surface area contributed by atoms with Gasteiger partial charge in [-0.1, -0.05) is 48.1 Å². The smallest absolute Gasteiger partial charge is 0.0761 e. The highest BCUT2D eigenvalue weighted by molar-refractivity contribution is 5.24. The van der Waals surface area contributed by atoms with Crippen molar-refractivity contribution in [2.45, 2.75) is 57.7 Å². The normalized spacial score (nSPS) is 29.6. The van der Waals surface area contributed by atoms with Gasteiger partial charge in [0.25, 0.3) is 0 Å². The van der Waals surface area contributed by atoms with Gasteiger partial charge in [-0.2, -0.15) is 0 Å². The lowest BCUT2D eigenvalue weighted by Gasteiger charge is -2.19. The lowest BCUT2D eigenvalue weighted by atomic mass is 9.89.